The lowest BCUT2D eigenvalue weighted by atomic mass is 10.2. The van der Waals surface area contributed by atoms with Crippen LogP contribution in [0.5, 0.6) is 0 Å². The summed E-state index contributed by atoms with van der Waals surface area (Å²) in [6.45, 7) is 9.82. The maximum atomic E-state index is 12.6. The maximum Gasteiger partial charge on any atom is 0.244 e. The fourth-order valence-electron chi connectivity index (χ4n) is 2.35. The summed E-state index contributed by atoms with van der Waals surface area (Å²) in [5.74, 6) is 0.0526. The fraction of sp³-hybridized carbons (Fsp3) is 0.625. The molecule has 0 aliphatic carbocycles. The molecule has 0 bridgehead atoms. The molecule has 0 saturated heterocycles. The van der Waals surface area contributed by atoms with Gasteiger partial charge in [0.1, 0.15) is 4.90 Å². The van der Waals surface area contributed by atoms with E-state index in [1.165, 1.54) is 38.1 Å². The van der Waals surface area contributed by atoms with E-state index in [2.05, 4.69) is 4.98 Å². The predicted octanol–water partition coefficient (Wildman–Crippen LogP) is 2.46. The Balaban J connectivity index is 2.89. The third-order valence-corrected chi connectivity index (χ3v) is 6.34. The van der Waals surface area contributed by atoms with Crippen molar-refractivity contribution in [1.82, 2.24) is 14.2 Å². The number of aromatic nitrogens is 1. The first kappa shape index (κ1) is 20.9. The van der Waals surface area contributed by atoms with Crippen LogP contribution in [0, 0.1) is 0 Å². The molecule has 0 aliphatic rings. The van der Waals surface area contributed by atoms with Crippen LogP contribution in [0.2, 0.25) is 0 Å². The van der Waals surface area contributed by atoms with E-state index >= 15 is 0 Å². The molecule has 136 valence electrons. The lowest BCUT2D eigenvalue weighted by molar-refractivity contribution is -0.133. The molecule has 1 unspecified atom stereocenters. The zero-order chi connectivity index (χ0) is 18.7. The van der Waals surface area contributed by atoms with Crippen molar-refractivity contribution in [2.75, 3.05) is 14.1 Å². The fourth-order valence-corrected chi connectivity index (χ4v) is 4.04. The number of sulfonamides is 1. The van der Waals surface area contributed by atoms with Gasteiger partial charge in [0, 0.05) is 32.4 Å². The third-order valence-electron chi connectivity index (χ3n) is 3.50. The summed E-state index contributed by atoms with van der Waals surface area (Å²) in [4.78, 5) is 18.8. The topological polar surface area (TPSA) is 70.6 Å². The van der Waals surface area contributed by atoms with Gasteiger partial charge in [-0.1, -0.05) is 11.8 Å². The van der Waals surface area contributed by atoms with Crippen molar-refractivity contribution < 1.29 is 13.2 Å². The van der Waals surface area contributed by atoms with Crippen LogP contribution in [-0.4, -0.2) is 59.9 Å². The SMILES string of the molecule is CC(Sc1ccc(S(=O)(=O)N(C)C)cn1)C(=O)N(C(C)C)C(C)C. The lowest BCUT2D eigenvalue weighted by Gasteiger charge is -2.32. The van der Waals surface area contributed by atoms with E-state index in [0.29, 0.717) is 5.03 Å². The predicted molar refractivity (Wildman–Crippen MR) is 97.5 cm³/mol. The van der Waals surface area contributed by atoms with Crippen molar-refractivity contribution in [3.8, 4) is 0 Å². The number of rotatable bonds is 7. The lowest BCUT2D eigenvalue weighted by Crippen LogP contribution is -2.45. The van der Waals surface area contributed by atoms with Crippen molar-refractivity contribution >= 4 is 27.7 Å². The first-order chi connectivity index (χ1) is 11.0. The number of amides is 1. The summed E-state index contributed by atoms with van der Waals surface area (Å²) in [5, 5.41) is 0.333. The number of hydrogen-bond donors (Lipinski definition) is 0. The first-order valence-corrected chi connectivity index (χ1v) is 10.2. The summed E-state index contributed by atoms with van der Waals surface area (Å²) in [6, 6.07) is 3.41. The highest BCUT2D eigenvalue weighted by atomic mass is 32.2. The van der Waals surface area contributed by atoms with Crippen molar-refractivity contribution in [3.63, 3.8) is 0 Å². The van der Waals surface area contributed by atoms with Crippen LogP contribution >= 0.6 is 11.8 Å². The highest BCUT2D eigenvalue weighted by Crippen LogP contribution is 2.25. The Kier molecular flexibility index (Phi) is 7.25. The van der Waals surface area contributed by atoms with Crippen molar-refractivity contribution in [1.29, 1.82) is 0 Å². The minimum absolute atomic E-state index is 0.0526. The molecular formula is C16H27N3O3S2. The summed E-state index contributed by atoms with van der Waals surface area (Å²) < 4.78 is 25.2. The largest absolute Gasteiger partial charge is 0.337 e. The number of carbonyl (C=O) groups is 1. The second kappa shape index (κ2) is 8.31. The van der Waals surface area contributed by atoms with Gasteiger partial charge in [-0.05, 0) is 46.8 Å². The van der Waals surface area contributed by atoms with E-state index in [4.69, 9.17) is 0 Å². The smallest absolute Gasteiger partial charge is 0.244 e. The summed E-state index contributed by atoms with van der Waals surface area (Å²) in [6.07, 6.45) is 1.33. The van der Waals surface area contributed by atoms with Crippen molar-refractivity contribution in [2.24, 2.45) is 0 Å². The van der Waals surface area contributed by atoms with E-state index in [0.717, 1.165) is 4.31 Å². The number of thioether (sulfide) groups is 1. The van der Waals surface area contributed by atoms with E-state index < -0.39 is 10.0 Å². The minimum Gasteiger partial charge on any atom is -0.337 e. The average molecular weight is 374 g/mol. The van der Waals surface area contributed by atoms with Crippen LogP contribution in [0.3, 0.4) is 0 Å². The first-order valence-electron chi connectivity index (χ1n) is 7.86. The molecule has 1 heterocycles. The van der Waals surface area contributed by atoms with Gasteiger partial charge in [-0.15, -0.1) is 0 Å². The standard InChI is InChI=1S/C16H27N3O3S2/c1-11(2)19(12(3)4)16(20)13(5)23-15-9-8-14(10-17-15)24(21,22)18(6)7/h8-13H,1-7H3. The summed E-state index contributed by atoms with van der Waals surface area (Å²) in [7, 11) is -0.533. The van der Waals surface area contributed by atoms with Crippen LogP contribution in [0.15, 0.2) is 28.3 Å². The molecule has 8 heteroatoms. The highest BCUT2D eigenvalue weighted by Gasteiger charge is 2.26. The Bertz CT molecular complexity index is 648. The number of hydrogen-bond acceptors (Lipinski definition) is 5. The van der Waals surface area contributed by atoms with E-state index in [1.807, 2.05) is 39.5 Å². The minimum atomic E-state index is -3.49. The Morgan fingerprint density at radius 1 is 1.08 bits per heavy atom. The molecule has 1 atom stereocenters. The normalized spacial score (nSPS) is 13.6. The molecule has 0 aliphatic heterocycles. The van der Waals surface area contributed by atoms with Crippen molar-refractivity contribution in [2.45, 2.75) is 61.9 Å². The van der Waals surface area contributed by atoms with Gasteiger partial charge in [0.15, 0.2) is 0 Å². The van der Waals surface area contributed by atoms with Crippen LogP contribution in [0.25, 0.3) is 0 Å². The van der Waals surface area contributed by atoms with Gasteiger partial charge in [-0.2, -0.15) is 0 Å². The molecule has 1 aromatic rings. The Morgan fingerprint density at radius 3 is 2.00 bits per heavy atom. The second-order valence-corrected chi connectivity index (χ2v) is 9.83. The van der Waals surface area contributed by atoms with E-state index in [1.54, 1.807) is 6.07 Å². The number of pyridine rings is 1. The van der Waals surface area contributed by atoms with Crippen LogP contribution in [-0.2, 0) is 14.8 Å². The van der Waals surface area contributed by atoms with Crippen molar-refractivity contribution in [3.05, 3.63) is 18.3 Å². The van der Waals surface area contributed by atoms with Gasteiger partial charge in [-0.25, -0.2) is 17.7 Å². The molecular weight excluding hydrogens is 346 g/mol. The molecule has 0 fully saturated rings. The summed E-state index contributed by atoms with van der Waals surface area (Å²) in [5.41, 5.74) is 0. The van der Waals surface area contributed by atoms with Gasteiger partial charge >= 0.3 is 0 Å². The zero-order valence-corrected chi connectivity index (χ0v) is 17.0. The Morgan fingerprint density at radius 2 is 1.62 bits per heavy atom. The van der Waals surface area contributed by atoms with Gasteiger partial charge in [0.25, 0.3) is 0 Å². The molecule has 24 heavy (non-hydrogen) atoms. The molecule has 0 N–H and O–H groups in total. The average Bonchev–Trinajstić information content (AvgIpc) is 2.46. The molecule has 1 rings (SSSR count). The molecule has 0 aromatic carbocycles. The Labute approximate surface area is 149 Å². The molecule has 1 aromatic heterocycles. The molecule has 1 amide bonds. The molecule has 0 radical (unpaired) electrons. The molecule has 6 nitrogen and oxygen atoms in total. The number of carbonyl (C=O) groups excluding carboxylic acids is 1. The monoisotopic (exact) mass is 373 g/mol. The molecule has 0 spiro atoms. The van der Waals surface area contributed by atoms with E-state index in [-0.39, 0.29) is 28.1 Å². The van der Waals surface area contributed by atoms with Gasteiger partial charge in [-0.3, -0.25) is 4.79 Å². The zero-order valence-electron chi connectivity index (χ0n) is 15.3. The van der Waals surface area contributed by atoms with Gasteiger partial charge in [0.2, 0.25) is 15.9 Å². The van der Waals surface area contributed by atoms with E-state index in [9.17, 15) is 13.2 Å². The van der Waals surface area contributed by atoms with Crippen LogP contribution in [0.4, 0.5) is 0 Å². The third kappa shape index (κ3) is 4.94. The van der Waals surface area contributed by atoms with Gasteiger partial charge in [0.05, 0.1) is 10.3 Å². The second-order valence-electron chi connectivity index (χ2n) is 6.31. The van der Waals surface area contributed by atoms with Crippen LogP contribution in [0.1, 0.15) is 34.6 Å². The highest BCUT2D eigenvalue weighted by molar-refractivity contribution is 8.00. The summed E-state index contributed by atoms with van der Waals surface area (Å²) >= 11 is 1.33. The van der Waals surface area contributed by atoms with Crippen LogP contribution < -0.4 is 0 Å². The maximum absolute atomic E-state index is 12.6. The Hall–Kier alpha value is -1.12. The number of nitrogens with zero attached hydrogens (tertiary/aromatic N) is 3. The van der Waals surface area contributed by atoms with Gasteiger partial charge < -0.3 is 4.90 Å². The molecule has 0 saturated carbocycles. The quantitative estimate of drug-likeness (QED) is 0.687.